The summed E-state index contributed by atoms with van der Waals surface area (Å²) in [5, 5.41) is 26.0. The maximum atomic E-state index is 11.8. The van der Waals surface area contributed by atoms with Crippen molar-refractivity contribution in [2.75, 3.05) is 12.5 Å². The van der Waals surface area contributed by atoms with Gasteiger partial charge in [-0.25, -0.2) is 21.6 Å². The average molecular weight is 622 g/mol. The quantitative estimate of drug-likeness (QED) is 0.476. The van der Waals surface area contributed by atoms with Gasteiger partial charge >= 0.3 is 5.97 Å². The molecule has 2 unspecified atom stereocenters. The van der Waals surface area contributed by atoms with Crippen LogP contribution in [0.3, 0.4) is 0 Å². The number of carboxylic acid groups (broad SMARTS) is 1. The molecule has 0 radical (unpaired) electrons. The van der Waals surface area contributed by atoms with E-state index in [-0.39, 0.29) is 37.6 Å². The number of aliphatic hydroxyl groups is 1. The SMILES string of the molecule is CC1=NOC(c2c(S(C)(=O)=O)ccc(C(=O)O)c2Cl)C1.CC1=NOC(c2c(S(C)(=O)=O)ccc(CO)c2Cl)C1. The van der Waals surface area contributed by atoms with Gasteiger partial charge in [-0.05, 0) is 37.6 Å². The van der Waals surface area contributed by atoms with E-state index < -0.39 is 37.9 Å². The van der Waals surface area contributed by atoms with Gasteiger partial charge in [0, 0.05) is 36.5 Å². The van der Waals surface area contributed by atoms with Crippen LogP contribution in [0, 0.1) is 0 Å². The summed E-state index contributed by atoms with van der Waals surface area (Å²) >= 11 is 12.3. The highest BCUT2D eigenvalue weighted by Crippen LogP contribution is 2.40. The van der Waals surface area contributed by atoms with Crippen LogP contribution in [0.1, 0.15) is 65.9 Å². The standard InChI is InChI=1S/C12H12ClNO5S.C12H14ClNO4S/c1-6-5-8(19-14-6)10-9(20(2,17)18)4-3-7(11(10)13)12(15)16;1-7-5-9(18-14-7)11-10(19(2,16)17)4-3-8(6-15)12(11)13/h3-4,8H,5H2,1-2H3,(H,15,16);3-4,9,15H,5-6H2,1-2H3. The third kappa shape index (κ3) is 6.90. The number of aliphatic hydroxyl groups excluding tert-OH is 1. The number of halogens is 2. The summed E-state index contributed by atoms with van der Waals surface area (Å²) in [6, 6.07) is 5.36. The summed E-state index contributed by atoms with van der Waals surface area (Å²) in [6.07, 6.45) is 1.78. The summed E-state index contributed by atoms with van der Waals surface area (Å²) in [5.41, 5.74) is 2.28. The number of hydrogen-bond acceptors (Lipinski definition) is 10. The van der Waals surface area contributed by atoms with Gasteiger partial charge < -0.3 is 19.9 Å². The van der Waals surface area contributed by atoms with E-state index in [1.165, 1.54) is 24.3 Å². The Hall–Kier alpha value is -2.71. The Morgan fingerprint density at radius 3 is 1.67 bits per heavy atom. The fourth-order valence-electron chi connectivity index (χ4n) is 4.03. The molecular formula is C24H26Cl2N2O9S2. The average Bonchev–Trinajstić information content (AvgIpc) is 3.45. The highest BCUT2D eigenvalue weighted by Gasteiger charge is 2.32. The van der Waals surface area contributed by atoms with Gasteiger partial charge in [-0.15, -0.1) is 0 Å². The van der Waals surface area contributed by atoms with Gasteiger partial charge in [0.25, 0.3) is 0 Å². The Morgan fingerprint density at radius 1 is 0.872 bits per heavy atom. The molecule has 2 N–H and O–H groups in total. The van der Waals surface area contributed by atoms with Crippen molar-refractivity contribution < 1.29 is 41.5 Å². The minimum Gasteiger partial charge on any atom is -0.478 e. The van der Waals surface area contributed by atoms with Crippen LogP contribution < -0.4 is 0 Å². The molecular weight excluding hydrogens is 595 g/mol. The Morgan fingerprint density at radius 2 is 1.31 bits per heavy atom. The zero-order chi connectivity index (χ0) is 29.3. The summed E-state index contributed by atoms with van der Waals surface area (Å²) in [4.78, 5) is 21.6. The van der Waals surface area contributed by atoms with Crippen LogP contribution in [-0.2, 0) is 36.0 Å². The predicted molar refractivity (Wildman–Crippen MR) is 145 cm³/mol. The molecule has 0 aromatic heterocycles. The number of sulfone groups is 2. The molecule has 0 saturated heterocycles. The number of benzene rings is 2. The topological polar surface area (TPSA) is 169 Å². The second-order valence-corrected chi connectivity index (χ2v) is 13.8. The molecule has 2 heterocycles. The van der Waals surface area contributed by atoms with Gasteiger partial charge in [-0.2, -0.15) is 0 Å². The van der Waals surface area contributed by atoms with Gasteiger partial charge in [0.05, 0.1) is 43.4 Å². The fraction of sp³-hybridized carbons (Fsp3) is 0.375. The molecule has 0 saturated carbocycles. The second kappa shape index (κ2) is 11.8. The summed E-state index contributed by atoms with van der Waals surface area (Å²) in [5.74, 6) is -1.23. The van der Waals surface area contributed by atoms with Crippen molar-refractivity contribution in [1.29, 1.82) is 0 Å². The lowest BCUT2D eigenvalue weighted by Crippen LogP contribution is -2.11. The fourth-order valence-corrected chi connectivity index (χ4v) is 6.75. The van der Waals surface area contributed by atoms with Gasteiger partial charge in [-0.3, -0.25) is 0 Å². The van der Waals surface area contributed by atoms with Gasteiger partial charge in [-0.1, -0.05) is 39.6 Å². The first kappa shape index (κ1) is 30.8. The third-order valence-electron chi connectivity index (χ3n) is 5.84. The van der Waals surface area contributed by atoms with Crippen LogP contribution in [0.15, 0.2) is 44.4 Å². The van der Waals surface area contributed by atoms with Gasteiger partial charge in [0.15, 0.2) is 31.9 Å². The Labute approximate surface area is 235 Å². The first-order valence-corrected chi connectivity index (χ1v) is 15.9. The van der Waals surface area contributed by atoms with Crippen LogP contribution in [0.2, 0.25) is 10.0 Å². The number of aromatic carboxylic acids is 1. The van der Waals surface area contributed by atoms with Crippen molar-refractivity contribution in [2.45, 2.75) is 55.3 Å². The van der Waals surface area contributed by atoms with Crippen molar-refractivity contribution in [2.24, 2.45) is 10.3 Å². The second-order valence-electron chi connectivity index (χ2n) is 9.05. The van der Waals surface area contributed by atoms with Crippen LogP contribution in [0.4, 0.5) is 0 Å². The van der Waals surface area contributed by atoms with E-state index in [4.69, 9.17) is 38.0 Å². The zero-order valence-corrected chi connectivity index (χ0v) is 24.4. The van der Waals surface area contributed by atoms with Gasteiger partial charge in [0.1, 0.15) is 0 Å². The molecule has 15 heteroatoms. The highest BCUT2D eigenvalue weighted by atomic mass is 35.5. The first-order valence-electron chi connectivity index (χ1n) is 11.3. The molecule has 0 fully saturated rings. The maximum Gasteiger partial charge on any atom is 0.337 e. The number of hydrogen-bond donors (Lipinski definition) is 2. The Bertz CT molecular complexity index is 1590. The normalized spacial score (nSPS) is 18.8. The van der Waals surface area contributed by atoms with E-state index in [1.807, 2.05) is 0 Å². The Balaban J connectivity index is 0.000000216. The zero-order valence-electron chi connectivity index (χ0n) is 21.3. The minimum atomic E-state index is -3.56. The lowest BCUT2D eigenvalue weighted by molar-refractivity contribution is 0.0694. The number of oxime groups is 2. The lowest BCUT2D eigenvalue weighted by atomic mass is 10.0. The number of carbonyl (C=O) groups is 1. The van der Waals surface area contributed by atoms with Crippen LogP contribution in [0.25, 0.3) is 0 Å². The van der Waals surface area contributed by atoms with E-state index in [0.717, 1.165) is 18.2 Å². The van der Waals surface area contributed by atoms with Crippen molar-refractivity contribution >= 4 is 60.3 Å². The van der Waals surface area contributed by atoms with Crippen molar-refractivity contribution in [1.82, 2.24) is 0 Å². The molecule has 11 nitrogen and oxygen atoms in total. The number of nitrogens with zero attached hydrogens (tertiary/aromatic N) is 2. The number of rotatable bonds is 6. The monoisotopic (exact) mass is 620 g/mol. The van der Waals surface area contributed by atoms with E-state index in [9.17, 15) is 26.7 Å². The molecule has 2 aromatic carbocycles. The molecule has 2 aromatic rings. The third-order valence-corrected chi connectivity index (χ3v) is 9.00. The van der Waals surface area contributed by atoms with Crippen LogP contribution in [-0.4, -0.2) is 57.0 Å². The first-order chi connectivity index (χ1) is 18.1. The van der Waals surface area contributed by atoms with Crippen molar-refractivity contribution in [3.05, 3.63) is 56.6 Å². The van der Waals surface area contributed by atoms with Crippen LogP contribution in [0.5, 0.6) is 0 Å². The molecule has 39 heavy (non-hydrogen) atoms. The smallest absolute Gasteiger partial charge is 0.337 e. The maximum absolute atomic E-state index is 11.8. The van der Waals surface area contributed by atoms with Gasteiger partial charge in [0.2, 0.25) is 0 Å². The molecule has 4 rings (SSSR count). The lowest BCUT2D eigenvalue weighted by Gasteiger charge is -2.17. The Kier molecular flexibility index (Phi) is 9.33. The summed E-state index contributed by atoms with van der Waals surface area (Å²) < 4.78 is 47.3. The molecule has 2 atom stereocenters. The molecule has 2 aliphatic rings. The molecule has 212 valence electrons. The largest absolute Gasteiger partial charge is 0.478 e. The molecule has 0 amide bonds. The van der Waals surface area contributed by atoms with E-state index in [0.29, 0.717) is 29.7 Å². The van der Waals surface area contributed by atoms with Crippen LogP contribution >= 0.6 is 23.2 Å². The highest BCUT2D eigenvalue weighted by molar-refractivity contribution is 7.91. The molecule has 0 aliphatic carbocycles. The summed E-state index contributed by atoms with van der Waals surface area (Å²) in [6.45, 7) is 3.27. The van der Waals surface area contributed by atoms with E-state index in [1.54, 1.807) is 13.8 Å². The minimum absolute atomic E-state index is 0.0394. The number of carboxylic acids is 1. The molecule has 2 aliphatic heterocycles. The molecule has 0 bridgehead atoms. The predicted octanol–water partition coefficient (Wildman–Crippen LogP) is 4.35. The van der Waals surface area contributed by atoms with E-state index >= 15 is 0 Å². The van der Waals surface area contributed by atoms with Crippen molar-refractivity contribution in [3.63, 3.8) is 0 Å². The molecule has 0 spiro atoms. The van der Waals surface area contributed by atoms with Crippen molar-refractivity contribution in [3.8, 4) is 0 Å². The summed E-state index contributed by atoms with van der Waals surface area (Å²) in [7, 11) is -6.99. The van der Waals surface area contributed by atoms with E-state index in [2.05, 4.69) is 10.3 Å².